The fourth-order valence-electron chi connectivity index (χ4n) is 1.99. The van der Waals surface area contributed by atoms with Gasteiger partial charge in [-0.15, -0.1) is 0 Å². The zero-order valence-electron chi connectivity index (χ0n) is 12.5. The Hall–Kier alpha value is -3.29. The third-order valence-corrected chi connectivity index (χ3v) is 3.16. The fraction of sp³-hybridized carbons (Fsp3) is 0.133. The van der Waals surface area contributed by atoms with Crippen molar-refractivity contribution in [2.45, 2.75) is 0 Å². The van der Waals surface area contributed by atoms with Crippen LogP contribution in [0.3, 0.4) is 0 Å². The SMILES string of the molecule is COc1ccc(Nc2ccc(C(N)=O)cc2[N+](=O)[O-])c(OC)c1. The van der Waals surface area contributed by atoms with Crippen LogP contribution in [-0.2, 0) is 0 Å². The number of nitrogens with one attached hydrogen (secondary N) is 1. The highest BCUT2D eigenvalue weighted by molar-refractivity contribution is 5.94. The summed E-state index contributed by atoms with van der Waals surface area (Å²) >= 11 is 0. The highest BCUT2D eigenvalue weighted by Crippen LogP contribution is 2.35. The van der Waals surface area contributed by atoms with E-state index in [9.17, 15) is 14.9 Å². The second-order valence-corrected chi connectivity index (χ2v) is 4.54. The monoisotopic (exact) mass is 317 g/mol. The lowest BCUT2D eigenvalue weighted by Crippen LogP contribution is -2.11. The summed E-state index contributed by atoms with van der Waals surface area (Å²) in [5.41, 5.74) is 5.67. The molecule has 2 rings (SSSR count). The van der Waals surface area contributed by atoms with E-state index in [1.54, 1.807) is 18.2 Å². The maximum Gasteiger partial charge on any atom is 0.293 e. The molecule has 0 atom stereocenters. The number of ether oxygens (including phenoxy) is 2. The van der Waals surface area contributed by atoms with Gasteiger partial charge in [0, 0.05) is 17.7 Å². The molecule has 0 aliphatic heterocycles. The van der Waals surface area contributed by atoms with Crippen molar-refractivity contribution in [3.05, 3.63) is 52.1 Å². The molecule has 0 aliphatic rings. The van der Waals surface area contributed by atoms with E-state index in [0.29, 0.717) is 17.2 Å². The molecule has 23 heavy (non-hydrogen) atoms. The maximum atomic E-state index is 11.2. The zero-order valence-corrected chi connectivity index (χ0v) is 12.5. The van der Waals surface area contributed by atoms with Gasteiger partial charge in [0.2, 0.25) is 5.91 Å². The molecule has 8 nitrogen and oxygen atoms in total. The van der Waals surface area contributed by atoms with Crippen molar-refractivity contribution in [2.24, 2.45) is 5.73 Å². The van der Waals surface area contributed by atoms with Crippen LogP contribution >= 0.6 is 0 Å². The standard InChI is InChI=1S/C15H15N3O5/c1-22-10-4-6-12(14(8-10)23-2)17-11-5-3-9(15(16)19)7-13(11)18(20)21/h3-8,17H,1-2H3,(H2,16,19). The average Bonchev–Trinajstić information content (AvgIpc) is 2.55. The lowest BCUT2D eigenvalue weighted by atomic mass is 10.1. The van der Waals surface area contributed by atoms with Crippen molar-refractivity contribution in [1.82, 2.24) is 0 Å². The number of benzene rings is 2. The van der Waals surface area contributed by atoms with Gasteiger partial charge in [-0.3, -0.25) is 14.9 Å². The first-order valence-electron chi connectivity index (χ1n) is 6.53. The Balaban J connectivity index is 2.44. The number of hydrogen-bond donors (Lipinski definition) is 2. The number of hydrogen-bond acceptors (Lipinski definition) is 6. The van der Waals surface area contributed by atoms with Crippen LogP contribution in [0.4, 0.5) is 17.1 Å². The van der Waals surface area contributed by atoms with Crippen molar-refractivity contribution in [1.29, 1.82) is 0 Å². The zero-order chi connectivity index (χ0) is 17.0. The summed E-state index contributed by atoms with van der Waals surface area (Å²) in [4.78, 5) is 21.8. The van der Waals surface area contributed by atoms with Crippen LogP contribution in [0.1, 0.15) is 10.4 Å². The molecule has 0 saturated carbocycles. The molecule has 0 bridgehead atoms. The molecule has 0 saturated heterocycles. The maximum absolute atomic E-state index is 11.2. The molecule has 0 aromatic heterocycles. The summed E-state index contributed by atoms with van der Waals surface area (Å²) in [6.07, 6.45) is 0. The smallest absolute Gasteiger partial charge is 0.293 e. The van der Waals surface area contributed by atoms with Gasteiger partial charge in [-0.05, 0) is 24.3 Å². The Morgan fingerprint density at radius 1 is 1.13 bits per heavy atom. The number of anilines is 2. The predicted octanol–water partition coefficient (Wildman–Crippen LogP) is 2.45. The van der Waals surface area contributed by atoms with Crippen molar-refractivity contribution in [3.8, 4) is 11.5 Å². The number of amides is 1. The van der Waals surface area contributed by atoms with E-state index in [4.69, 9.17) is 15.2 Å². The van der Waals surface area contributed by atoms with E-state index in [1.165, 1.54) is 26.4 Å². The third kappa shape index (κ3) is 3.49. The Kier molecular flexibility index (Phi) is 4.65. The Bertz CT molecular complexity index is 761. The van der Waals surface area contributed by atoms with Gasteiger partial charge in [0.15, 0.2) is 0 Å². The first-order chi connectivity index (χ1) is 11.0. The number of methoxy groups -OCH3 is 2. The molecule has 8 heteroatoms. The summed E-state index contributed by atoms with van der Waals surface area (Å²) in [6.45, 7) is 0. The number of nitro benzene ring substituents is 1. The minimum atomic E-state index is -0.735. The Morgan fingerprint density at radius 2 is 1.83 bits per heavy atom. The Morgan fingerprint density at radius 3 is 2.39 bits per heavy atom. The molecule has 0 fully saturated rings. The number of nitro groups is 1. The number of primary amides is 1. The average molecular weight is 317 g/mol. The molecular formula is C15H15N3O5. The van der Waals surface area contributed by atoms with Gasteiger partial charge in [0.25, 0.3) is 5.69 Å². The quantitative estimate of drug-likeness (QED) is 0.624. The third-order valence-electron chi connectivity index (χ3n) is 3.16. The molecule has 3 N–H and O–H groups in total. The molecule has 1 amide bonds. The molecular weight excluding hydrogens is 302 g/mol. The normalized spacial score (nSPS) is 10.0. The van der Waals surface area contributed by atoms with Gasteiger partial charge in [-0.1, -0.05) is 0 Å². The summed E-state index contributed by atoms with van der Waals surface area (Å²) in [7, 11) is 3.00. The van der Waals surface area contributed by atoms with Crippen LogP contribution in [0.15, 0.2) is 36.4 Å². The van der Waals surface area contributed by atoms with Crippen LogP contribution in [0.2, 0.25) is 0 Å². The number of nitrogens with zero attached hydrogens (tertiary/aromatic N) is 1. The number of nitrogens with two attached hydrogens (primary N) is 1. The van der Waals surface area contributed by atoms with E-state index in [-0.39, 0.29) is 16.9 Å². The van der Waals surface area contributed by atoms with Crippen molar-refractivity contribution >= 4 is 23.0 Å². The first-order valence-corrected chi connectivity index (χ1v) is 6.53. The lowest BCUT2D eigenvalue weighted by Gasteiger charge is -2.13. The van der Waals surface area contributed by atoms with Crippen LogP contribution in [-0.4, -0.2) is 25.1 Å². The second kappa shape index (κ2) is 6.65. The molecule has 0 unspecified atom stereocenters. The molecule has 0 heterocycles. The molecule has 2 aromatic carbocycles. The summed E-state index contributed by atoms with van der Waals surface area (Å²) in [6, 6.07) is 8.96. The summed E-state index contributed by atoms with van der Waals surface area (Å²) in [5.74, 6) is 0.310. The van der Waals surface area contributed by atoms with E-state index in [2.05, 4.69) is 5.32 Å². The highest BCUT2D eigenvalue weighted by Gasteiger charge is 2.18. The first kappa shape index (κ1) is 16.1. The van der Waals surface area contributed by atoms with Crippen LogP contribution in [0.25, 0.3) is 0 Å². The van der Waals surface area contributed by atoms with Crippen molar-refractivity contribution < 1.29 is 19.2 Å². The largest absolute Gasteiger partial charge is 0.497 e. The van der Waals surface area contributed by atoms with Crippen molar-refractivity contribution in [3.63, 3.8) is 0 Å². The van der Waals surface area contributed by atoms with E-state index in [0.717, 1.165) is 6.07 Å². The Labute approximate surface area is 132 Å². The summed E-state index contributed by atoms with van der Waals surface area (Å²) in [5, 5.41) is 14.1. The highest BCUT2D eigenvalue weighted by atomic mass is 16.6. The van der Waals surface area contributed by atoms with Crippen LogP contribution in [0.5, 0.6) is 11.5 Å². The lowest BCUT2D eigenvalue weighted by molar-refractivity contribution is -0.383. The van der Waals surface area contributed by atoms with Gasteiger partial charge in [0.05, 0.1) is 24.8 Å². The molecule has 2 aromatic rings. The minimum absolute atomic E-state index is 0.0592. The second-order valence-electron chi connectivity index (χ2n) is 4.54. The molecule has 0 aliphatic carbocycles. The molecule has 0 radical (unpaired) electrons. The van der Waals surface area contributed by atoms with Gasteiger partial charge in [0.1, 0.15) is 17.2 Å². The summed E-state index contributed by atoms with van der Waals surface area (Å²) < 4.78 is 10.3. The van der Waals surface area contributed by atoms with Gasteiger partial charge in [-0.2, -0.15) is 0 Å². The number of carbonyl (C=O) groups is 1. The van der Waals surface area contributed by atoms with E-state index in [1.807, 2.05) is 0 Å². The minimum Gasteiger partial charge on any atom is -0.497 e. The van der Waals surface area contributed by atoms with E-state index >= 15 is 0 Å². The number of rotatable bonds is 6. The number of carbonyl (C=O) groups excluding carboxylic acids is 1. The van der Waals surface area contributed by atoms with Gasteiger partial charge >= 0.3 is 0 Å². The predicted molar refractivity (Wildman–Crippen MR) is 84.4 cm³/mol. The van der Waals surface area contributed by atoms with Gasteiger partial charge in [-0.25, -0.2) is 0 Å². The van der Waals surface area contributed by atoms with Crippen LogP contribution < -0.4 is 20.5 Å². The topological polar surface area (TPSA) is 117 Å². The molecule has 120 valence electrons. The van der Waals surface area contributed by atoms with Gasteiger partial charge < -0.3 is 20.5 Å². The van der Waals surface area contributed by atoms with Crippen molar-refractivity contribution in [2.75, 3.05) is 19.5 Å². The molecule has 0 spiro atoms. The van der Waals surface area contributed by atoms with E-state index < -0.39 is 10.8 Å². The van der Waals surface area contributed by atoms with Crippen LogP contribution in [0, 0.1) is 10.1 Å². The fourth-order valence-corrected chi connectivity index (χ4v) is 1.99.